The van der Waals surface area contributed by atoms with Gasteiger partial charge in [-0.1, -0.05) is 0 Å². The van der Waals surface area contributed by atoms with E-state index in [0.717, 1.165) is 10.6 Å². The van der Waals surface area contributed by atoms with Gasteiger partial charge >= 0.3 is 5.76 Å². The van der Waals surface area contributed by atoms with Gasteiger partial charge in [-0.05, 0) is 49.4 Å². The summed E-state index contributed by atoms with van der Waals surface area (Å²) in [6, 6.07) is 11.2. The average molecular weight is 427 g/mol. The number of hydrogen-bond donors (Lipinski definition) is 0. The van der Waals surface area contributed by atoms with Gasteiger partial charge in [-0.25, -0.2) is 14.2 Å². The summed E-state index contributed by atoms with van der Waals surface area (Å²) in [6.45, 7) is 2.62. The van der Waals surface area contributed by atoms with Crippen molar-refractivity contribution in [3.8, 4) is 33.5 Å². The summed E-state index contributed by atoms with van der Waals surface area (Å²) in [5, 5.41) is 6.83. The highest BCUT2D eigenvalue weighted by molar-refractivity contribution is 7.13. The lowest BCUT2D eigenvalue weighted by Crippen LogP contribution is -2.16. The van der Waals surface area contributed by atoms with Crippen molar-refractivity contribution in [2.45, 2.75) is 13.5 Å². The number of hydrogen-bond acceptors (Lipinski definition) is 7. The number of benzene rings is 2. The molecule has 154 valence electrons. The second-order valence-corrected chi connectivity index (χ2v) is 7.14. The first-order chi connectivity index (χ1) is 14.6. The molecule has 0 spiro atoms. The lowest BCUT2D eigenvalue weighted by atomic mass is 10.2. The first-order valence-electron chi connectivity index (χ1n) is 9.17. The second kappa shape index (κ2) is 8.50. The van der Waals surface area contributed by atoms with Crippen molar-refractivity contribution in [1.82, 2.24) is 14.8 Å². The lowest BCUT2D eigenvalue weighted by Gasteiger charge is -2.09. The Bertz CT molecular complexity index is 1210. The Balaban J connectivity index is 1.55. The molecule has 0 aliphatic heterocycles. The van der Waals surface area contributed by atoms with Crippen LogP contribution in [-0.2, 0) is 6.54 Å². The molecule has 4 aromatic rings. The minimum Gasteiger partial charge on any atom is -0.493 e. The van der Waals surface area contributed by atoms with Crippen LogP contribution in [0, 0.1) is 5.82 Å². The van der Waals surface area contributed by atoms with Crippen LogP contribution >= 0.6 is 11.3 Å². The maximum Gasteiger partial charge on any atom is 0.437 e. The van der Waals surface area contributed by atoms with E-state index in [1.807, 2.05) is 30.5 Å². The molecule has 7 nitrogen and oxygen atoms in total. The van der Waals surface area contributed by atoms with Crippen molar-refractivity contribution in [3.63, 3.8) is 0 Å². The average Bonchev–Trinajstić information content (AvgIpc) is 3.36. The second-order valence-electron chi connectivity index (χ2n) is 6.28. The van der Waals surface area contributed by atoms with E-state index in [2.05, 4.69) is 10.1 Å². The first-order valence-corrected chi connectivity index (χ1v) is 10.0. The van der Waals surface area contributed by atoms with Crippen molar-refractivity contribution in [1.29, 1.82) is 0 Å². The normalized spacial score (nSPS) is 10.9. The van der Waals surface area contributed by atoms with E-state index in [9.17, 15) is 9.18 Å². The van der Waals surface area contributed by atoms with Crippen LogP contribution in [0.1, 0.15) is 12.6 Å². The fourth-order valence-corrected chi connectivity index (χ4v) is 3.66. The molecule has 0 saturated heterocycles. The molecule has 0 aliphatic rings. The standard InChI is InChI=1S/C21H18FN3O4S/c1-3-28-17-9-6-14(10-18(17)27-2)20-23-16(12-30-20)11-25-21(26)29-19(24-25)13-4-7-15(22)8-5-13/h4-10,12H,3,11H2,1-2H3. The first kappa shape index (κ1) is 19.8. The molecule has 30 heavy (non-hydrogen) atoms. The Labute approximate surface area is 175 Å². The zero-order valence-corrected chi connectivity index (χ0v) is 17.1. The molecule has 0 bridgehead atoms. The topological polar surface area (TPSA) is 79.4 Å². The van der Waals surface area contributed by atoms with E-state index >= 15 is 0 Å². The third-order valence-electron chi connectivity index (χ3n) is 4.27. The summed E-state index contributed by atoms with van der Waals surface area (Å²) in [7, 11) is 1.59. The Morgan fingerprint density at radius 1 is 1.13 bits per heavy atom. The van der Waals surface area contributed by atoms with Gasteiger partial charge in [0.1, 0.15) is 10.8 Å². The van der Waals surface area contributed by atoms with Crippen molar-refractivity contribution >= 4 is 11.3 Å². The number of ether oxygens (including phenoxy) is 2. The zero-order chi connectivity index (χ0) is 21.1. The maximum absolute atomic E-state index is 13.1. The van der Waals surface area contributed by atoms with E-state index < -0.39 is 5.76 Å². The number of thiazole rings is 1. The van der Waals surface area contributed by atoms with Crippen LogP contribution in [0.2, 0.25) is 0 Å². The SMILES string of the molecule is CCOc1ccc(-c2nc(Cn3nc(-c4ccc(F)cc4)oc3=O)cs2)cc1OC. The molecule has 0 fully saturated rings. The molecule has 2 heterocycles. The molecule has 2 aromatic carbocycles. The predicted octanol–water partition coefficient (Wildman–Crippen LogP) is 4.22. The molecule has 0 unspecified atom stereocenters. The fourth-order valence-electron chi connectivity index (χ4n) is 2.86. The van der Waals surface area contributed by atoms with Crippen LogP contribution in [0.15, 0.2) is 57.1 Å². The van der Waals surface area contributed by atoms with Crippen molar-refractivity contribution < 1.29 is 18.3 Å². The molecule has 0 atom stereocenters. The highest BCUT2D eigenvalue weighted by atomic mass is 32.1. The van der Waals surface area contributed by atoms with Gasteiger partial charge in [0.2, 0.25) is 5.89 Å². The van der Waals surface area contributed by atoms with Crippen molar-refractivity contribution in [3.05, 3.63) is 69.9 Å². The van der Waals surface area contributed by atoms with E-state index in [4.69, 9.17) is 13.9 Å². The molecule has 4 rings (SSSR count). The molecule has 9 heteroatoms. The van der Waals surface area contributed by atoms with Crippen LogP contribution in [0.3, 0.4) is 0 Å². The lowest BCUT2D eigenvalue weighted by molar-refractivity contribution is 0.311. The molecule has 2 aromatic heterocycles. The van der Waals surface area contributed by atoms with Gasteiger partial charge in [-0.3, -0.25) is 0 Å². The fraction of sp³-hybridized carbons (Fsp3) is 0.190. The van der Waals surface area contributed by atoms with Gasteiger partial charge in [-0.15, -0.1) is 16.4 Å². The van der Waals surface area contributed by atoms with E-state index in [-0.39, 0.29) is 18.3 Å². The number of halogens is 1. The summed E-state index contributed by atoms with van der Waals surface area (Å²) in [4.78, 5) is 16.7. The summed E-state index contributed by atoms with van der Waals surface area (Å²) in [5.41, 5.74) is 2.07. The Hall–Kier alpha value is -3.46. The summed E-state index contributed by atoms with van der Waals surface area (Å²) in [6.07, 6.45) is 0. The van der Waals surface area contributed by atoms with Gasteiger partial charge in [0, 0.05) is 16.5 Å². The van der Waals surface area contributed by atoms with Crippen LogP contribution < -0.4 is 15.2 Å². The van der Waals surface area contributed by atoms with Gasteiger partial charge in [-0.2, -0.15) is 4.68 Å². The summed E-state index contributed by atoms with van der Waals surface area (Å²) >= 11 is 1.45. The third kappa shape index (κ3) is 4.11. The van der Waals surface area contributed by atoms with Gasteiger partial charge in [0.15, 0.2) is 11.5 Å². The Morgan fingerprint density at radius 3 is 2.63 bits per heavy atom. The molecule has 0 amide bonds. The van der Waals surface area contributed by atoms with Crippen LogP contribution in [-0.4, -0.2) is 28.5 Å². The predicted molar refractivity (Wildman–Crippen MR) is 111 cm³/mol. The van der Waals surface area contributed by atoms with Crippen LogP contribution in [0.5, 0.6) is 11.5 Å². The van der Waals surface area contributed by atoms with Crippen molar-refractivity contribution in [2.24, 2.45) is 0 Å². The highest BCUT2D eigenvalue weighted by Gasteiger charge is 2.14. The van der Waals surface area contributed by atoms with E-state index in [0.29, 0.717) is 29.4 Å². The number of methoxy groups -OCH3 is 1. The summed E-state index contributed by atoms with van der Waals surface area (Å²) < 4.78 is 30.4. The summed E-state index contributed by atoms with van der Waals surface area (Å²) in [5.74, 6) is 0.450. The van der Waals surface area contributed by atoms with Crippen molar-refractivity contribution in [2.75, 3.05) is 13.7 Å². The molecule has 0 N–H and O–H groups in total. The molecule has 0 radical (unpaired) electrons. The Morgan fingerprint density at radius 2 is 1.90 bits per heavy atom. The highest BCUT2D eigenvalue weighted by Crippen LogP contribution is 2.33. The molecule has 0 aliphatic carbocycles. The quantitative estimate of drug-likeness (QED) is 0.439. The minimum atomic E-state index is -0.605. The largest absolute Gasteiger partial charge is 0.493 e. The number of rotatable bonds is 7. The van der Waals surface area contributed by atoms with Crippen LogP contribution in [0.25, 0.3) is 22.0 Å². The van der Waals surface area contributed by atoms with E-state index in [1.165, 1.54) is 40.3 Å². The molecule has 0 saturated carbocycles. The van der Waals surface area contributed by atoms with E-state index in [1.54, 1.807) is 7.11 Å². The van der Waals surface area contributed by atoms with Gasteiger partial charge in [0.05, 0.1) is 26.0 Å². The maximum atomic E-state index is 13.1. The monoisotopic (exact) mass is 427 g/mol. The number of nitrogens with zero attached hydrogens (tertiary/aromatic N) is 3. The molecular weight excluding hydrogens is 409 g/mol. The Kier molecular flexibility index (Phi) is 5.62. The zero-order valence-electron chi connectivity index (χ0n) is 16.3. The van der Waals surface area contributed by atoms with Gasteiger partial charge < -0.3 is 13.9 Å². The number of aromatic nitrogens is 3. The van der Waals surface area contributed by atoms with Crippen LogP contribution in [0.4, 0.5) is 4.39 Å². The molecular formula is C21H18FN3O4S. The minimum absolute atomic E-state index is 0.131. The smallest absolute Gasteiger partial charge is 0.437 e. The van der Waals surface area contributed by atoms with Gasteiger partial charge in [0.25, 0.3) is 0 Å². The third-order valence-corrected chi connectivity index (χ3v) is 5.21.